The molecule has 2 heterocycles. The molecule has 0 N–H and O–H groups in total. The zero-order valence-corrected chi connectivity index (χ0v) is 13.4. The summed E-state index contributed by atoms with van der Waals surface area (Å²) in [4.78, 5) is 4.67. The molecule has 1 aromatic carbocycles. The summed E-state index contributed by atoms with van der Waals surface area (Å²) in [6.07, 6.45) is 1.98. The molecule has 22 heavy (non-hydrogen) atoms. The molecule has 0 fully saturated rings. The predicted molar refractivity (Wildman–Crippen MR) is 89.4 cm³/mol. The van der Waals surface area contributed by atoms with E-state index in [0.717, 1.165) is 22.8 Å². The Morgan fingerprint density at radius 2 is 1.82 bits per heavy atom. The van der Waals surface area contributed by atoms with E-state index in [9.17, 15) is 0 Å². The van der Waals surface area contributed by atoms with Crippen LogP contribution in [0, 0.1) is 13.8 Å². The van der Waals surface area contributed by atoms with Gasteiger partial charge in [-0.05, 0) is 55.2 Å². The highest BCUT2D eigenvalue weighted by Crippen LogP contribution is 2.29. The third-order valence-electron chi connectivity index (χ3n) is 3.83. The van der Waals surface area contributed by atoms with Crippen LogP contribution < -0.4 is 0 Å². The summed E-state index contributed by atoms with van der Waals surface area (Å²) in [5.74, 6) is 1.11. The molecule has 0 saturated heterocycles. The van der Waals surface area contributed by atoms with Gasteiger partial charge in [0.05, 0.1) is 11.4 Å². The molecule has 4 nitrogen and oxygen atoms in total. The summed E-state index contributed by atoms with van der Waals surface area (Å²) < 4.78 is 1.99. The highest BCUT2D eigenvalue weighted by atomic mass is 15.2. The van der Waals surface area contributed by atoms with E-state index >= 15 is 0 Å². The number of benzene rings is 1. The van der Waals surface area contributed by atoms with Crippen molar-refractivity contribution in [1.82, 2.24) is 9.38 Å². The van der Waals surface area contributed by atoms with Gasteiger partial charge in [0.25, 0.3) is 0 Å². The van der Waals surface area contributed by atoms with Gasteiger partial charge in [0.15, 0.2) is 5.82 Å². The minimum atomic E-state index is 0.300. The minimum Gasteiger partial charge on any atom is -0.283 e. The first kappa shape index (κ1) is 14.4. The number of imidazole rings is 1. The van der Waals surface area contributed by atoms with Crippen molar-refractivity contribution in [1.29, 1.82) is 0 Å². The first-order chi connectivity index (χ1) is 10.6. The highest BCUT2D eigenvalue weighted by Gasteiger charge is 2.14. The Hall–Kier alpha value is -2.49. The van der Waals surface area contributed by atoms with Crippen molar-refractivity contribution in [3.63, 3.8) is 0 Å². The van der Waals surface area contributed by atoms with E-state index in [1.54, 1.807) is 0 Å². The molecule has 3 aromatic rings. The molecule has 2 aromatic heterocycles. The molecule has 0 unspecified atom stereocenters. The second-order valence-electron chi connectivity index (χ2n) is 5.87. The normalized spacial score (nSPS) is 11.9. The van der Waals surface area contributed by atoms with Crippen LogP contribution in [0.2, 0.25) is 0 Å². The summed E-state index contributed by atoms with van der Waals surface area (Å²) in [6, 6.07) is 12.1. The number of rotatable bonds is 3. The fraction of sp³-hybridized carbons (Fsp3) is 0.278. The number of hydrogen-bond acceptors (Lipinski definition) is 3. The SMILES string of the molecule is Cc1ccc(N=Nc2c(C(C)C)nc3ccccn23)cc1C. The van der Waals surface area contributed by atoms with Crippen molar-refractivity contribution < 1.29 is 0 Å². The molecule has 0 spiro atoms. The number of aryl methyl sites for hydroxylation is 2. The average molecular weight is 292 g/mol. The van der Waals surface area contributed by atoms with E-state index in [1.807, 2.05) is 34.9 Å². The number of nitrogens with zero attached hydrogens (tertiary/aromatic N) is 4. The lowest BCUT2D eigenvalue weighted by Gasteiger charge is -2.02. The zero-order valence-electron chi connectivity index (χ0n) is 13.4. The van der Waals surface area contributed by atoms with Crippen molar-refractivity contribution in [2.45, 2.75) is 33.6 Å². The van der Waals surface area contributed by atoms with E-state index in [0.29, 0.717) is 5.92 Å². The summed E-state index contributed by atoms with van der Waals surface area (Å²) >= 11 is 0. The van der Waals surface area contributed by atoms with E-state index < -0.39 is 0 Å². The quantitative estimate of drug-likeness (QED) is 0.588. The van der Waals surface area contributed by atoms with Gasteiger partial charge >= 0.3 is 0 Å². The van der Waals surface area contributed by atoms with Crippen LogP contribution in [0.3, 0.4) is 0 Å². The number of fused-ring (bicyclic) bond motifs is 1. The third-order valence-corrected chi connectivity index (χ3v) is 3.83. The summed E-state index contributed by atoms with van der Waals surface area (Å²) in [5.41, 5.74) is 5.22. The van der Waals surface area contributed by atoms with E-state index in [1.165, 1.54) is 11.1 Å². The molecule has 3 rings (SSSR count). The van der Waals surface area contributed by atoms with Crippen LogP contribution in [0.1, 0.15) is 36.6 Å². The van der Waals surface area contributed by atoms with Gasteiger partial charge < -0.3 is 0 Å². The van der Waals surface area contributed by atoms with Crippen molar-refractivity contribution in [2.75, 3.05) is 0 Å². The second kappa shape index (κ2) is 5.72. The van der Waals surface area contributed by atoms with Crippen molar-refractivity contribution in [3.05, 3.63) is 59.4 Å². The Balaban J connectivity index is 2.07. The molecular formula is C18H20N4. The fourth-order valence-electron chi connectivity index (χ4n) is 2.38. The van der Waals surface area contributed by atoms with Crippen molar-refractivity contribution in [2.24, 2.45) is 10.2 Å². The van der Waals surface area contributed by atoms with Gasteiger partial charge in [-0.3, -0.25) is 4.40 Å². The zero-order chi connectivity index (χ0) is 15.7. The van der Waals surface area contributed by atoms with Gasteiger partial charge in [0.1, 0.15) is 5.65 Å². The topological polar surface area (TPSA) is 42.0 Å². The van der Waals surface area contributed by atoms with Crippen molar-refractivity contribution >= 4 is 17.2 Å². The Bertz CT molecular complexity index is 843. The Morgan fingerprint density at radius 3 is 2.55 bits per heavy atom. The Kier molecular flexibility index (Phi) is 3.75. The van der Waals surface area contributed by atoms with E-state index in [-0.39, 0.29) is 0 Å². The van der Waals surface area contributed by atoms with Gasteiger partial charge in [0, 0.05) is 6.20 Å². The molecule has 4 heteroatoms. The van der Waals surface area contributed by atoms with Gasteiger partial charge in [-0.2, -0.15) is 0 Å². The Morgan fingerprint density at radius 1 is 1.00 bits per heavy atom. The first-order valence-electron chi connectivity index (χ1n) is 7.52. The number of azo groups is 1. The Labute approximate surface area is 130 Å². The maximum absolute atomic E-state index is 4.67. The lowest BCUT2D eigenvalue weighted by molar-refractivity contribution is 0.831. The molecule has 0 aliphatic rings. The van der Waals surface area contributed by atoms with E-state index in [2.05, 4.69) is 55.0 Å². The lowest BCUT2D eigenvalue weighted by Crippen LogP contribution is -1.87. The molecule has 0 amide bonds. The summed E-state index contributed by atoms with van der Waals surface area (Å²) in [5, 5.41) is 8.89. The first-order valence-corrected chi connectivity index (χ1v) is 7.52. The average Bonchev–Trinajstić information content (AvgIpc) is 2.87. The number of hydrogen-bond donors (Lipinski definition) is 0. The lowest BCUT2D eigenvalue weighted by atomic mass is 10.1. The molecule has 0 bridgehead atoms. The van der Waals surface area contributed by atoms with Crippen LogP contribution >= 0.6 is 0 Å². The van der Waals surface area contributed by atoms with Crippen molar-refractivity contribution in [3.8, 4) is 0 Å². The molecule has 0 aliphatic carbocycles. The van der Waals surface area contributed by atoms with Gasteiger partial charge in [-0.15, -0.1) is 10.2 Å². The highest BCUT2D eigenvalue weighted by molar-refractivity contribution is 5.53. The molecule has 0 saturated carbocycles. The molecular weight excluding hydrogens is 272 g/mol. The van der Waals surface area contributed by atoms with Crippen LogP contribution in [-0.4, -0.2) is 9.38 Å². The predicted octanol–water partition coefficient (Wildman–Crippen LogP) is 5.49. The third kappa shape index (κ3) is 2.64. The van der Waals surface area contributed by atoms with Crippen LogP contribution in [0.5, 0.6) is 0 Å². The second-order valence-corrected chi connectivity index (χ2v) is 5.87. The standard InChI is InChI=1S/C18H20N4/c1-12(2)17-18(22-10-6-5-7-16(22)19-17)21-20-15-9-8-13(3)14(4)11-15/h5-12H,1-4H3. The molecule has 112 valence electrons. The monoisotopic (exact) mass is 292 g/mol. The summed E-state index contributed by atoms with van der Waals surface area (Å²) in [7, 11) is 0. The van der Waals surface area contributed by atoms with Crippen LogP contribution in [0.4, 0.5) is 11.5 Å². The smallest absolute Gasteiger partial charge is 0.183 e. The molecule has 0 aliphatic heterocycles. The van der Waals surface area contributed by atoms with Crippen LogP contribution in [-0.2, 0) is 0 Å². The van der Waals surface area contributed by atoms with Gasteiger partial charge in [-0.1, -0.05) is 26.0 Å². The van der Waals surface area contributed by atoms with E-state index in [4.69, 9.17) is 0 Å². The van der Waals surface area contributed by atoms with Crippen LogP contribution in [0.15, 0.2) is 52.8 Å². The molecule has 0 radical (unpaired) electrons. The minimum absolute atomic E-state index is 0.300. The largest absolute Gasteiger partial charge is 0.283 e. The maximum atomic E-state index is 4.67. The van der Waals surface area contributed by atoms with Crippen LogP contribution in [0.25, 0.3) is 5.65 Å². The summed E-state index contributed by atoms with van der Waals surface area (Å²) in [6.45, 7) is 8.42. The fourth-order valence-corrected chi connectivity index (χ4v) is 2.38. The van der Waals surface area contributed by atoms with Gasteiger partial charge in [-0.25, -0.2) is 4.98 Å². The van der Waals surface area contributed by atoms with Gasteiger partial charge in [0.2, 0.25) is 0 Å². The number of aromatic nitrogens is 2. The molecule has 0 atom stereocenters. The maximum Gasteiger partial charge on any atom is 0.183 e. The number of pyridine rings is 1.